The van der Waals surface area contributed by atoms with E-state index >= 15 is 0 Å². The van der Waals surface area contributed by atoms with Gasteiger partial charge in [-0.15, -0.1) is 0 Å². The predicted octanol–water partition coefficient (Wildman–Crippen LogP) is 11.1. The van der Waals surface area contributed by atoms with Crippen molar-refractivity contribution in [3.8, 4) is 28.7 Å². The summed E-state index contributed by atoms with van der Waals surface area (Å²) in [5, 5.41) is 0. The number of aryl methyl sites for hydroxylation is 1. The van der Waals surface area contributed by atoms with Crippen molar-refractivity contribution in [2.24, 2.45) is 0 Å². The Labute approximate surface area is 401 Å². The van der Waals surface area contributed by atoms with Gasteiger partial charge in [0.1, 0.15) is 48.8 Å². The van der Waals surface area contributed by atoms with Gasteiger partial charge in [0.15, 0.2) is 11.5 Å². The molecule has 0 saturated heterocycles. The second-order valence-electron chi connectivity index (χ2n) is 18.0. The molecule has 340 valence electrons. The van der Waals surface area contributed by atoms with Gasteiger partial charge in [0, 0.05) is 28.6 Å². The summed E-state index contributed by atoms with van der Waals surface area (Å²) in [5.74, 6) is 3.39. The molecular weight excluding hydrogens is 861 g/mol. The molecule has 13 rings (SSSR count). The van der Waals surface area contributed by atoms with Crippen molar-refractivity contribution < 1.29 is 33.3 Å². The quantitative estimate of drug-likeness (QED) is 0.157. The Morgan fingerprint density at radius 3 is 1.41 bits per heavy atom. The molecule has 8 aromatic rings. The highest BCUT2D eigenvalue weighted by Crippen LogP contribution is 2.59. The number of amides is 2. The van der Waals surface area contributed by atoms with Gasteiger partial charge < -0.3 is 23.7 Å². The van der Waals surface area contributed by atoms with Crippen LogP contribution in [-0.2, 0) is 20.4 Å². The molecule has 0 aromatic heterocycles. The number of hydrogen-bond donors (Lipinski definition) is 0. The highest BCUT2D eigenvalue weighted by molar-refractivity contribution is 6.13. The Morgan fingerprint density at radius 1 is 0.449 bits per heavy atom. The highest BCUT2D eigenvalue weighted by Gasteiger charge is 2.60. The number of benzene rings is 8. The normalized spacial score (nSPS) is 18.9. The van der Waals surface area contributed by atoms with Crippen LogP contribution >= 0.6 is 0 Å². The summed E-state index contributed by atoms with van der Waals surface area (Å²) in [6, 6.07) is 64.4. The molecule has 2 atom stereocenters. The van der Waals surface area contributed by atoms with Crippen molar-refractivity contribution in [2.45, 2.75) is 29.8 Å². The minimum atomic E-state index is -0.941. The van der Waals surface area contributed by atoms with Crippen molar-refractivity contribution in [1.29, 1.82) is 0 Å². The third kappa shape index (κ3) is 6.44. The Bertz CT molecular complexity index is 3180. The molecule has 2 amide bonds. The van der Waals surface area contributed by atoms with Crippen LogP contribution in [0.25, 0.3) is 0 Å². The molecule has 5 aliphatic rings. The zero-order valence-corrected chi connectivity index (χ0v) is 38.2. The molecule has 2 unspecified atom stereocenters. The summed E-state index contributed by atoms with van der Waals surface area (Å²) in [6.07, 6.45) is 0. The highest BCUT2D eigenvalue weighted by atomic mass is 16.6. The summed E-state index contributed by atoms with van der Waals surface area (Å²) in [6.45, 7) is 3.47. The lowest BCUT2D eigenvalue weighted by Crippen LogP contribution is -2.44. The predicted molar refractivity (Wildman–Crippen MR) is 265 cm³/mol. The van der Waals surface area contributed by atoms with Crippen molar-refractivity contribution in [2.75, 3.05) is 43.3 Å². The van der Waals surface area contributed by atoms with Crippen LogP contribution in [0.15, 0.2) is 194 Å². The Balaban J connectivity index is 0.000000143. The Morgan fingerprint density at radius 2 is 0.899 bits per heavy atom. The molecular formula is C60H48N2O7. The average Bonchev–Trinajstić information content (AvgIpc) is 4.13. The molecule has 8 aromatic carbocycles. The van der Waals surface area contributed by atoms with Crippen LogP contribution in [0, 0.1) is 6.92 Å². The molecule has 0 aliphatic carbocycles. The molecule has 5 aliphatic heterocycles. The largest absolute Gasteiger partial charge is 0.496 e. The van der Waals surface area contributed by atoms with E-state index in [-0.39, 0.29) is 37.1 Å². The molecule has 0 fully saturated rings. The second-order valence-corrected chi connectivity index (χ2v) is 18.0. The van der Waals surface area contributed by atoms with Crippen LogP contribution in [0.3, 0.4) is 0 Å². The molecule has 0 radical (unpaired) electrons. The number of rotatable bonds is 7. The van der Waals surface area contributed by atoms with Crippen LogP contribution in [0.5, 0.6) is 28.7 Å². The second kappa shape index (κ2) is 16.8. The fraction of sp³-hybridized carbons (Fsp3) is 0.167. The lowest BCUT2D eigenvalue weighted by Gasteiger charge is -2.31. The maximum atomic E-state index is 14.7. The molecule has 0 bridgehead atoms. The summed E-state index contributed by atoms with van der Waals surface area (Å²) >= 11 is 0. The summed E-state index contributed by atoms with van der Waals surface area (Å²) in [5.41, 5.74) is 8.92. The third-order valence-corrected chi connectivity index (χ3v) is 14.3. The summed E-state index contributed by atoms with van der Waals surface area (Å²) in [7, 11) is 1.65. The first kappa shape index (κ1) is 42.1. The number of fused-ring (bicyclic) bond motifs is 10. The monoisotopic (exact) mass is 908 g/mol. The van der Waals surface area contributed by atoms with Gasteiger partial charge in [-0.05, 0) is 76.2 Å². The minimum Gasteiger partial charge on any atom is -0.496 e. The van der Waals surface area contributed by atoms with E-state index < -0.39 is 10.8 Å². The smallest absolute Gasteiger partial charge is 0.246 e. The van der Waals surface area contributed by atoms with Gasteiger partial charge in [-0.3, -0.25) is 19.4 Å². The third-order valence-electron chi connectivity index (χ3n) is 14.3. The molecule has 0 N–H and O–H groups in total. The van der Waals surface area contributed by atoms with Gasteiger partial charge in [-0.25, -0.2) is 0 Å². The molecule has 9 nitrogen and oxygen atoms in total. The molecule has 9 heteroatoms. The van der Waals surface area contributed by atoms with Crippen LogP contribution in [0.4, 0.5) is 11.4 Å². The van der Waals surface area contributed by atoms with Crippen LogP contribution in [0.1, 0.15) is 62.2 Å². The number of para-hydroxylation sites is 2. The van der Waals surface area contributed by atoms with Crippen molar-refractivity contribution in [3.05, 3.63) is 244 Å². The van der Waals surface area contributed by atoms with Gasteiger partial charge in [-0.2, -0.15) is 0 Å². The summed E-state index contributed by atoms with van der Waals surface area (Å²) < 4.78 is 29.6. The number of methoxy groups -OCH3 is 1. The minimum absolute atomic E-state index is 0.00633. The lowest BCUT2D eigenvalue weighted by atomic mass is 9.76. The molecule has 69 heavy (non-hydrogen) atoms. The van der Waals surface area contributed by atoms with Crippen molar-refractivity contribution in [1.82, 2.24) is 0 Å². The topological polar surface area (TPSA) is 86.8 Å². The zero-order chi connectivity index (χ0) is 46.7. The maximum absolute atomic E-state index is 14.7. The first-order valence-corrected chi connectivity index (χ1v) is 23.4. The number of ether oxygens (including phenoxy) is 5. The number of hydrogen-bond acceptors (Lipinski definition) is 7. The van der Waals surface area contributed by atoms with E-state index in [1.54, 1.807) is 7.11 Å². The van der Waals surface area contributed by atoms with E-state index in [4.69, 9.17) is 23.7 Å². The van der Waals surface area contributed by atoms with Crippen LogP contribution in [-0.4, -0.2) is 45.4 Å². The zero-order valence-electron chi connectivity index (χ0n) is 38.2. The van der Waals surface area contributed by atoms with Gasteiger partial charge in [0.2, 0.25) is 17.6 Å². The molecule has 5 heterocycles. The van der Waals surface area contributed by atoms with Crippen molar-refractivity contribution in [3.63, 3.8) is 0 Å². The Hall–Kier alpha value is -8.30. The van der Waals surface area contributed by atoms with E-state index in [2.05, 4.69) is 72.8 Å². The van der Waals surface area contributed by atoms with E-state index in [1.165, 1.54) is 0 Å². The summed E-state index contributed by atoms with van der Waals surface area (Å²) in [4.78, 5) is 33.2. The van der Waals surface area contributed by atoms with Gasteiger partial charge in [0.25, 0.3) is 0 Å². The van der Waals surface area contributed by atoms with E-state index in [0.717, 1.165) is 67.2 Å². The maximum Gasteiger partial charge on any atom is 0.246 e. The first-order chi connectivity index (χ1) is 33.9. The van der Waals surface area contributed by atoms with Gasteiger partial charge in [0.05, 0.1) is 19.2 Å². The molecule has 2 spiro atoms. The number of carbonyl (C=O) groups is 2. The van der Waals surface area contributed by atoms with E-state index in [9.17, 15) is 9.59 Å². The van der Waals surface area contributed by atoms with Gasteiger partial charge >= 0.3 is 0 Å². The fourth-order valence-electron chi connectivity index (χ4n) is 11.2. The average molecular weight is 909 g/mol. The number of carbonyl (C=O) groups excluding carboxylic acids is 2. The Kier molecular flexibility index (Phi) is 10.2. The standard InChI is InChI=1S/C30H23NO4.C30H25NO3/c32-29-30(19-35-27-23(30)15-16-25-28(27)34-18-17-33-25)22-13-7-8-14-24(22)31(29)26(20-9-3-1-4-10-20)21-11-5-2-6-12-21;1-20-17-24-27(18-26(20)33-2)34-19-30(24)23-15-9-10-16-25(23)31(29(30)32)28(21-11-5-3-6-12-21)22-13-7-4-8-14-22/h1-16,26H,17-19H2;3-18,28H,19H2,1-2H3. The van der Waals surface area contributed by atoms with Gasteiger partial charge in [-0.1, -0.05) is 158 Å². The lowest BCUT2D eigenvalue weighted by molar-refractivity contribution is -0.123. The van der Waals surface area contributed by atoms with Crippen LogP contribution in [0.2, 0.25) is 0 Å². The van der Waals surface area contributed by atoms with Crippen LogP contribution < -0.4 is 33.5 Å². The number of anilines is 2. The SMILES string of the molecule is COc1cc2c(cc1C)C1(CO2)C(=O)N(C(c2ccccc2)c2ccccc2)c2ccccc21.O=C1N(C(c2ccccc2)c2ccccc2)c2ccccc2C12COc1c2ccc2c1OCCO2. The van der Waals surface area contributed by atoms with E-state index in [0.29, 0.717) is 36.2 Å². The van der Waals surface area contributed by atoms with E-state index in [1.807, 2.05) is 138 Å². The first-order valence-electron chi connectivity index (χ1n) is 23.4. The molecule has 0 saturated carbocycles. The van der Waals surface area contributed by atoms with Crippen molar-refractivity contribution >= 4 is 23.2 Å². The number of nitrogens with zero attached hydrogens (tertiary/aromatic N) is 2. The fourth-order valence-corrected chi connectivity index (χ4v) is 11.2.